The van der Waals surface area contributed by atoms with Gasteiger partial charge in [0.25, 0.3) is 0 Å². The van der Waals surface area contributed by atoms with Gasteiger partial charge in [-0.25, -0.2) is 9.59 Å². The average molecular weight is 403 g/mol. The highest BCUT2D eigenvalue weighted by molar-refractivity contribution is 5.89. The Balaban J connectivity index is 0.000000275. The normalized spacial score (nSPS) is 16.4. The summed E-state index contributed by atoms with van der Waals surface area (Å²) in [6.45, 7) is 2.20. The zero-order valence-corrected chi connectivity index (χ0v) is 16.9. The lowest BCUT2D eigenvalue weighted by atomic mass is 9.86. The fourth-order valence-electron chi connectivity index (χ4n) is 3.81. The van der Waals surface area contributed by atoms with Crippen LogP contribution >= 0.6 is 0 Å². The number of benzene rings is 3. The van der Waals surface area contributed by atoms with E-state index < -0.39 is 11.9 Å². The van der Waals surface area contributed by atoms with Crippen molar-refractivity contribution in [2.24, 2.45) is 0 Å². The van der Waals surface area contributed by atoms with Gasteiger partial charge in [0, 0.05) is 24.6 Å². The van der Waals surface area contributed by atoms with E-state index in [1.165, 1.54) is 33.9 Å². The van der Waals surface area contributed by atoms with Gasteiger partial charge in [0.1, 0.15) is 0 Å². The minimum Gasteiger partial charge on any atom is -0.478 e. The van der Waals surface area contributed by atoms with E-state index in [1.807, 2.05) is 0 Å². The fourth-order valence-corrected chi connectivity index (χ4v) is 3.81. The molecule has 1 aliphatic heterocycles. The van der Waals surface area contributed by atoms with Crippen LogP contribution < -0.4 is 0 Å². The molecule has 1 aliphatic rings. The third-order valence-electron chi connectivity index (χ3n) is 5.21. The van der Waals surface area contributed by atoms with E-state index in [9.17, 15) is 9.59 Å². The highest BCUT2D eigenvalue weighted by Gasteiger charge is 2.22. The number of hydrogen-bond acceptors (Lipinski definition) is 3. The van der Waals surface area contributed by atoms with Crippen LogP contribution in [0.25, 0.3) is 10.8 Å². The second kappa shape index (κ2) is 9.85. The molecule has 0 spiro atoms. The van der Waals surface area contributed by atoms with Crippen molar-refractivity contribution in [2.45, 2.75) is 18.9 Å². The number of aliphatic carboxylic acids is 2. The summed E-state index contributed by atoms with van der Waals surface area (Å²) in [6, 6.07) is 24.5. The molecule has 0 aliphatic carbocycles. The third-order valence-corrected chi connectivity index (χ3v) is 5.21. The van der Waals surface area contributed by atoms with E-state index in [1.54, 1.807) is 0 Å². The summed E-state index contributed by atoms with van der Waals surface area (Å²) in [7, 11) is 2.22. The first-order valence-electron chi connectivity index (χ1n) is 9.83. The molecule has 3 aromatic rings. The summed E-state index contributed by atoms with van der Waals surface area (Å²) < 4.78 is 0. The van der Waals surface area contributed by atoms with Crippen molar-refractivity contribution in [1.29, 1.82) is 0 Å². The van der Waals surface area contributed by atoms with Gasteiger partial charge in [0.05, 0.1) is 0 Å². The topological polar surface area (TPSA) is 77.8 Å². The van der Waals surface area contributed by atoms with Crippen LogP contribution in [0.4, 0.5) is 0 Å². The van der Waals surface area contributed by atoms with Gasteiger partial charge in [-0.15, -0.1) is 0 Å². The lowest BCUT2D eigenvalue weighted by Crippen LogP contribution is -2.17. The number of rotatable bonds is 3. The highest BCUT2D eigenvalue weighted by atomic mass is 16.4. The summed E-state index contributed by atoms with van der Waals surface area (Å²) >= 11 is 0. The van der Waals surface area contributed by atoms with E-state index in [2.05, 4.69) is 78.7 Å². The molecule has 3 aromatic carbocycles. The molecule has 0 saturated carbocycles. The van der Waals surface area contributed by atoms with Crippen LogP contribution in [0.3, 0.4) is 0 Å². The van der Waals surface area contributed by atoms with Crippen LogP contribution in [0.15, 0.2) is 78.9 Å². The summed E-state index contributed by atoms with van der Waals surface area (Å²) in [5.74, 6) is -2.01. The molecule has 5 nitrogen and oxygen atoms in total. The molecule has 2 N–H and O–H groups in total. The second-order valence-corrected chi connectivity index (χ2v) is 7.39. The monoisotopic (exact) mass is 403 g/mol. The first-order valence-corrected chi connectivity index (χ1v) is 9.83. The molecule has 0 bridgehead atoms. The van der Waals surface area contributed by atoms with Crippen molar-refractivity contribution in [3.8, 4) is 0 Å². The van der Waals surface area contributed by atoms with E-state index in [0.29, 0.717) is 18.1 Å². The Morgan fingerprint density at radius 2 is 1.53 bits per heavy atom. The molecule has 30 heavy (non-hydrogen) atoms. The Bertz CT molecular complexity index is 1060. The van der Waals surface area contributed by atoms with Gasteiger partial charge in [0.2, 0.25) is 0 Å². The molecule has 1 unspecified atom stereocenters. The molecule has 1 heterocycles. The Morgan fingerprint density at radius 3 is 2.23 bits per heavy atom. The van der Waals surface area contributed by atoms with Crippen molar-refractivity contribution in [2.75, 3.05) is 13.6 Å². The fraction of sp³-hybridized carbons (Fsp3) is 0.200. The molecule has 0 amide bonds. The molecular formula is C25H25NO4. The molecular weight excluding hydrogens is 378 g/mol. The van der Waals surface area contributed by atoms with E-state index in [-0.39, 0.29) is 0 Å². The lowest BCUT2D eigenvalue weighted by Gasteiger charge is -2.18. The van der Waals surface area contributed by atoms with Crippen LogP contribution in [0.5, 0.6) is 0 Å². The molecule has 5 heteroatoms. The van der Waals surface area contributed by atoms with Gasteiger partial charge in [-0.2, -0.15) is 0 Å². The maximum Gasteiger partial charge on any atom is 0.328 e. The zero-order valence-electron chi connectivity index (χ0n) is 16.9. The van der Waals surface area contributed by atoms with E-state index in [0.717, 1.165) is 13.1 Å². The quantitative estimate of drug-likeness (QED) is 0.629. The molecule has 0 fully saturated rings. The van der Waals surface area contributed by atoms with Crippen LogP contribution in [0, 0.1) is 0 Å². The van der Waals surface area contributed by atoms with Gasteiger partial charge in [-0.05, 0) is 47.5 Å². The largest absolute Gasteiger partial charge is 0.478 e. The number of carbonyl (C=O) groups is 2. The number of carboxylic acids is 2. The van der Waals surface area contributed by atoms with Crippen LogP contribution in [0.2, 0.25) is 0 Å². The number of fused-ring (bicyclic) bond motifs is 2. The van der Waals surface area contributed by atoms with Crippen molar-refractivity contribution in [1.82, 2.24) is 4.90 Å². The lowest BCUT2D eigenvalue weighted by molar-refractivity contribution is -0.134. The van der Waals surface area contributed by atoms with Gasteiger partial charge in [0.15, 0.2) is 0 Å². The molecule has 0 saturated heterocycles. The predicted octanol–water partition coefficient (Wildman–Crippen LogP) is 4.52. The summed E-state index contributed by atoms with van der Waals surface area (Å²) in [4.78, 5) is 21.5. The molecule has 4 rings (SSSR count). The standard InChI is InChI=1S/C21H21N.C4H4O4/c1-22-13-12-21(20-9-5-4-8-19(20)15-22)18-11-10-16-6-2-3-7-17(16)14-18;5-3(6)1-2-4(7)8/h2-11,14,21H,12-13,15H2,1H3;1-2H,(H,5,6)(H,7,8)/b;2-1-. The molecule has 0 aromatic heterocycles. The van der Waals surface area contributed by atoms with Gasteiger partial charge in [-0.3, -0.25) is 0 Å². The highest BCUT2D eigenvalue weighted by Crippen LogP contribution is 2.34. The maximum atomic E-state index is 9.55. The van der Waals surface area contributed by atoms with Gasteiger partial charge < -0.3 is 15.1 Å². The van der Waals surface area contributed by atoms with E-state index in [4.69, 9.17) is 10.2 Å². The molecule has 154 valence electrons. The zero-order chi connectivity index (χ0) is 21.5. The molecule has 0 radical (unpaired) electrons. The number of nitrogens with zero attached hydrogens (tertiary/aromatic N) is 1. The minimum atomic E-state index is -1.26. The maximum absolute atomic E-state index is 9.55. The van der Waals surface area contributed by atoms with Crippen molar-refractivity contribution >= 4 is 22.7 Å². The van der Waals surface area contributed by atoms with Crippen molar-refractivity contribution in [3.05, 3.63) is 95.6 Å². The Morgan fingerprint density at radius 1 is 0.900 bits per heavy atom. The summed E-state index contributed by atoms with van der Waals surface area (Å²) in [6.07, 6.45) is 2.30. The first kappa shape index (κ1) is 21.3. The minimum absolute atomic E-state index is 0.505. The SMILES string of the molecule is CN1CCC(c2ccc3ccccc3c2)c2ccccc2C1.O=C(O)/C=C\C(=O)O. The van der Waals surface area contributed by atoms with Crippen LogP contribution in [-0.2, 0) is 16.1 Å². The smallest absolute Gasteiger partial charge is 0.328 e. The number of hydrogen-bond donors (Lipinski definition) is 2. The molecule has 1 atom stereocenters. The Hall–Kier alpha value is -3.44. The van der Waals surface area contributed by atoms with Crippen molar-refractivity contribution < 1.29 is 19.8 Å². The van der Waals surface area contributed by atoms with E-state index >= 15 is 0 Å². The van der Waals surface area contributed by atoms with Gasteiger partial charge >= 0.3 is 11.9 Å². The summed E-state index contributed by atoms with van der Waals surface area (Å²) in [5.41, 5.74) is 4.42. The average Bonchev–Trinajstić information content (AvgIpc) is 2.90. The van der Waals surface area contributed by atoms with Crippen LogP contribution in [0.1, 0.15) is 29.0 Å². The Labute approximate surface area is 175 Å². The van der Waals surface area contributed by atoms with Gasteiger partial charge in [-0.1, -0.05) is 66.7 Å². The predicted molar refractivity (Wildman–Crippen MR) is 118 cm³/mol. The number of carboxylic acid groups (broad SMARTS) is 2. The Kier molecular flexibility index (Phi) is 6.99. The van der Waals surface area contributed by atoms with Crippen molar-refractivity contribution in [3.63, 3.8) is 0 Å². The summed E-state index contributed by atoms with van der Waals surface area (Å²) in [5, 5.41) is 18.3. The van der Waals surface area contributed by atoms with Crippen LogP contribution in [-0.4, -0.2) is 40.6 Å². The third kappa shape index (κ3) is 5.55. The first-order chi connectivity index (χ1) is 14.4. The second-order valence-electron chi connectivity index (χ2n) is 7.39.